The van der Waals surface area contributed by atoms with E-state index in [0.717, 1.165) is 82.4 Å². The van der Waals surface area contributed by atoms with Crippen LogP contribution in [-0.4, -0.2) is 24.5 Å². The molecule has 0 aliphatic rings. The maximum atomic E-state index is 13.1. The van der Waals surface area contributed by atoms with E-state index >= 15 is 0 Å². The van der Waals surface area contributed by atoms with Crippen LogP contribution in [0.2, 0.25) is 0 Å². The van der Waals surface area contributed by atoms with E-state index < -0.39 is 0 Å². The quantitative estimate of drug-likeness (QED) is 0.211. The third-order valence-corrected chi connectivity index (χ3v) is 9.31. The van der Waals surface area contributed by atoms with Crippen LogP contribution < -0.4 is 5.56 Å². The Bertz CT molecular complexity index is 2930. The fourth-order valence-corrected chi connectivity index (χ4v) is 7.15. The first kappa shape index (κ1) is 25.8. The summed E-state index contributed by atoms with van der Waals surface area (Å²) in [4.78, 5) is 30.0. The number of nitrogens with zero attached hydrogens (tertiary/aromatic N) is 3. The molecule has 6 nitrogen and oxygen atoms in total. The Labute approximate surface area is 267 Å². The highest BCUT2D eigenvalue weighted by Crippen LogP contribution is 2.37. The lowest BCUT2D eigenvalue weighted by Crippen LogP contribution is -2.05. The van der Waals surface area contributed by atoms with Crippen molar-refractivity contribution in [3.8, 4) is 28.3 Å². The molecule has 0 saturated heterocycles. The van der Waals surface area contributed by atoms with E-state index in [9.17, 15) is 4.79 Å². The number of pyridine rings is 1. The van der Waals surface area contributed by atoms with Gasteiger partial charge in [0.2, 0.25) is 5.95 Å². The van der Waals surface area contributed by atoms with Crippen molar-refractivity contribution in [3.63, 3.8) is 0 Å². The summed E-state index contributed by atoms with van der Waals surface area (Å²) in [5, 5.41) is 5.87. The lowest BCUT2D eigenvalue weighted by Gasteiger charge is -2.12. The third kappa shape index (κ3) is 3.82. The maximum absolute atomic E-state index is 13.1. The second-order valence-electron chi connectivity index (χ2n) is 12.0. The summed E-state index contributed by atoms with van der Waals surface area (Å²) in [6, 6.07) is 47.7. The zero-order valence-corrected chi connectivity index (χ0v) is 25.0. The topological polar surface area (TPSA) is 79.4 Å². The van der Waals surface area contributed by atoms with Gasteiger partial charge in [0.15, 0.2) is 0 Å². The van der Waals surface area contributed by atoms with Gasteiger partial charge in [0.25, 0.3) is 5.56 Å². The van der Waals surface area contributed by atoms with E-state index in [-0.39, 0.29) is 5.56 Å². The number of nitrogens with one attached hydrogen (secondary N) is 2. The highest BCUT2D eigenvalue weighted by Gasteiger charge is 2.18. The molecule has 220 valence electrons. The minimum Gasteiger partial charge on any atom is -0.354 e. The molecule has 0 saturated carbocycles. The highest BCUT2D eigenvalue weighted by atomic mass is 16.1. The molecule has 2 N–H and O–H groups in total. The van der Waals surface area contributed by atoms with E-state index in [4.69, 9.17) is 9.97 Å². The SMILES string of the molecule is O=c1[nH]c2ccc(-c3ccc4c(c3)c3ccccc3n4-c3nc(-c4ccccc4)c4ccccc4n3)cc2c2[nH]c3ccccc3c12. The summed E-state index contributed by atoms with van der Waals surface area (Å²) in [7, 11) is 0. The van der Waals surface area contributed by atoms with E-state index in [0.29, 0.717) is 11.3 Å². The van der Waals surface area contributed by atoms with Crippen molar-refractivity contribution in [2.45, 2.75) is 0 Å². The standard InChI is InChI=1S/C41H25N5O/c47-40-37-28-13-4-7-15-32(28)42-39(37)31-23-25(18-20-34(31)43-40)26-19-21-36-30(22-26)27-12-6-9-17-35(27)46(36)41-44-33-16-8-5-14-29(33)38(45-41)24-10-2-1-3-11-24/h1-23,42H,(H,43,47). The van der Waals surface area contributed by atoms with E-state index in [1.165, 1.54) is 0 Å². The van der Waals surface area contributed by atoms with Crippen molar-refractivity contribution >= 4 is 65.4 Å². The zero-order chi connectivity index (χ0) is 31.1. The first-order chi connectivity index (χ1) is 23.2. The van der Waals surface area contributed by atoms with Gasteiger partial charge in [0.1, 0.15) is 0 Å². The average Bonchev–Trinajstić information content (AvgIpc) is 3.68. The van der Waals surface area contributed by atoms with Crippen LogP contribution in [0.1, 0.15) is 0 Å². The van der Waals surface area contributed by atoms with Crippen molar-refractivity contribution in [1.29, 1.82) is 0 Å². The van der Waals surface area contributed by atoms with Gasteiger partial charge >= 0.3 is 0 Å². The summed E-state index contributed by atoms with van der Waals surface area (Å²) in [5.41, 5.74) is 9.62. The molecule has 0 spiro atoms. The largest absolute Gasteiger partial charge is 0.354 e. The van der Waals surface area contributed by atoms with Crippen LogP contribution in [0.15, 0.2) is 144 Å². The van der Waals surface area contributed by atoms with Crippen LogP contribution in [-0.2, 0) is 0 Å². The van der Waals surface area contributed by atoms with Gasteiger partial charge in [-0.2, -0.15) is 0 Å². The molecule has 4 aromatic heterocycles. The van der Waals surface area contributed by atoms with Crippen LogP contribution in [0.5, 0.6) is 0 Å². The van der Waals surface area contributed by atoms with Crippen LogP contribution >= 0.6 is 0 Å². The second-order valence-corrected chi connectivity index (χ2v) is 12.0. The Morgan fingerprint density at radius 1 is 0.489 bits per heavy atom. The maximum Gasteiger partial charge on any atom is 0.258 e. The van der Waals surface area contributed by atoms with Crippen LogP contribution in [0.4, 0.5) is 0 Å². The number of aromatic amines is 2. The fourth-order valence-electron chi connectivity index (χ4n) is 7.15. The number of benzene rings is 6. The average molecular weight is 604 g/mol. The first-order valence-electron chi connectivity index (χ1n) is 15.6. The molecule has 0 atom stereocenters. The molecule has 0 bridgehead atoms. The monoisotopic (exact) mass is 603 g/mol. The van der Waals surface area contributed by atoms with Crippen LogP contribution in [0.25, 0.3) is 93.8 Å². The van der Waals surface area contributed by atoms with Crippen molar-refractivity contribution < 1.29 is 0 Å². The number of fused-ring (bicyclic) bond motifs is 9. The second kappa shape index (κ2) is 9.73. The number of rotatable bonds is 3. The van der Waals surface area contributed by atoms with Crippen molar-refractivity contribution in [2.24, 2.45) is 0 Å². The Morgan fingerprint density at radius 2 is 1.15 bits per heavy atom. The first-order valence-corrected chi connectivity index (χ1v) is 15.6. The van der Waals surface area contributed by atoms with Gasteiger partial charge in [-0.3, -0.25) is 9.36 Å². The highest BCUT2D eigenvalue weighted by molar-refractivity contribution is 6.16. The summed E-state index contributed by atoms with van der Waals surface area (Å²) in [6.45, 7) is 0. The van der Waals surface area contributed by atoms with E-state index in [2.05, 4.69) is 93.4 Å². The summed E-state index contributed by atoms with van der Waals surface area (Å²) in [5.74, 6) is 0.636. The molecular weight excluding hydrogens is 578 g/mol. The lowest BCUT2D eigenvalue weighted by atomic mass is 10.00. The number of H-pyrrole nitrogens is 2. The molecule has 47 heavy (non-hydrogen) atoms. The number of hydrogen-bond acceptors (Lipinski definition) is 3. The smallest absolute Gasteiger partial charge is 0.258 e. The van der Waals surface area contributed by atoms with Gasteiger partial charge in [-0.1, -0.05) is 97.1 Å². The van der Waals surface area contributed by atoms with Crippen molar-refractivity contribution in [3.05, 3.63) is 150 Å². The van der Waals surface area contributed by atoms with Gasteiger partial charge in [-0.15, -0.1) is 0 Å². The molecule has 0 fully saturated rings. The number of aromatic nitrogens is 5. The molecule has 0 unspecified atom stereocenters. The molecule has 0 amide bonds. The summed E-state index contributed by atoms with van der Waals surface area (Å²) < 4.78 is 2.17. The predicted octanol–water partition coefficient (Wildman–Crippen LogP) is 9.54. The Morgan fingerprint density at radius 3 is 2.02 bits per heavy atom. The Balaban J connectivity index is 1.20. The summed E-state index contributed by atoms with van der Waals surface area (Å²) >= 11 is 0. The van der Waals surface area contributed by atoms with Gasteiger partial charge in [0, 0.05) is 38.0 Å². The summed E-state index contributed by atoms with van der Waals surface area (Å²) in [6.07, 6.45) is 0. The molecular formula is C41H25N5O. The molecule has 0 aliphatic carbocycles. The van der Waals surface area contributed by atoms with Gasteiger partial charge in [0.05, 0.1) is 38.7 Å². The lowest BCUT2D eigenvalue weighted by molar-refractivity contribution is 1.01. The van der Waals surface area contributed by atoms with Crippen LogP contribution in [0, 0.1) is 0 Å². The normalized spacial score (nSPS) is 11.9. The van der Waals surface area contributed by atoms with Gasteiger partial charge in [-0.25, -0.2) is 9.97 Å². The molecule has 0 radical (unpaired) electrons. The molecule has 4 heterocycles. The Hall–Kier alpha value is -6.53. The number of hydrogen-bond donors (Lipinski definition) is 2. The van der Waals surface area contributed by atoms with Gasteiger partial charge < -0.3 is 9.97 Å². The number of para-hydroxylation sites is 3. The molecule has 10 rings (SSSR count). The molecule has 0 aliphatic heterocycles. The van der Waals surface area contributed by atoms with Gasteiger partial charge in [-0.05, 0) is 53.6 Å². The fraction of sp³-hybridized carbons (Fsp3) is 0. The van der Waals surface area contributed by atoms with E-state index in [1.807, 2.05) is 60.7 Å². The Kier molecular flexibility index (Phi) is 5.33. The minimum atomic E-state index is -0.0849. The minimum absolute atomic E-state index is 0.0849. The van der Waals surface area contributed by atoms with Crippen molar-refractivity contribution in [2.75, 3.05) is 0 Å². The molecule has 10 aromatic rings. The predicted molar refractivity (Wildman–Crippen MR) is 192 cm³/mol. The zero-order valence-electron chi connectivity index (χ0n) is 25.0. The van der Waals surface area contributed by atoms with E-state index in [1.54, 1.807) is 0 Å². The molecule has 6 heteroatoms. The molecule has 6 aromatic carbocycles. The van der Waals surface area contributed by atoms with Crippen molar-refractivity contribution in [1.82, 2.24) is 24.5 Å². The third-order valence-electron chi connectivity index (χ3n) is 9.31. The van der Waals surface area contributed by atoms with Crippen LogP contribution in [0.3, 0.4) is 0 Å².